The van der Waals surface area contributed by atoms with Gasteiger partial charge in [0.05, 0.1) is 14.2 Å². The van der Waals surface area contributed by atoms with Crippen molar-refractivity contribution < 1.29 is 0 Å². The van der Waals surface area contributed by atoms with Crippen LogP contribution in [0.1, 0.15) is 36.5 Å². The average Bonchev–Trinajstić information content (AvgIpc) is 3.34. The molecule has 0 radical (unpaired) electrons. The molecule has 162 valence electrons. The van der Waals surface area contributed by atoms with Crippen molar-refractivity contribution in [3.63, 3.8) is 0 Å². The summed E-state index contributed by atoms with van der Waals surface area (Å²) in [6.07, 6.45) is 12.2. The molecule has 3 aromatic rings. The summed E-state index contributed by atoms with van der Waals surface area (Å²) in [5.41, 5.74) is 9.90. The first-order valence-corrected chi connectivity index (χ1v) is 15.0. The molecule has 0 saturated heterocycles. The van der Waals surface area contributed by atoms with Crippen LogP contribution in [-0.4, -0.2) is 8.80 Å². The van der Waals surface area contributed by atoms with E-state index in [1.54, 1.807) is 5.20 Å². The number of hydrogen-bond acceptors (Lipinski definition) is 0. The van der Waals surface area contributed by atoms with Crippen molar-refractivity contribution in [2.24, 2.45) is 0 Å². The lowest BCUT2D eigenvalue weighted by Gasteiger charge is -2.43. The van der Waals surface area contributed by atoms with Crippen LogP contribution in [0.15, 0.2) is 119 Å². The molecule has 0 amide bonds. The van der Waals surface area contributed by atoms with Crippen molar-refractivity contribution in [1.82, 2.24) is 0 Å². The smallest absolute Gasteiger partial charge is 0.0658 e. The van der Waals surface area contributed by atoms with Crippen molar-refractivity contribution in [2.45, 2.75) is 38.3 Å². The maximum absolute atomic E-state index is 2.52. The van der Waals surface area contributed by atoms with Gasteiger partial charge in [0.15, 0.2) is 0 Å². The van der Waals surface area contributed by atoms with Crippen LogP contribution in [-0.2, 0) is 5.41 Å². The molecule has 0 N–H and O–H groups in total. The average molecular weight is 443 g/mol. The zero-order chi connectivity index (χ0) is 22.7. The molecule has 0 bridgehead atoms. The summed E-state index contributed by atoms with van der Waals surface area (Å²) in [7, 11) is -0.982. The molecule has 1 heteroatoms. The topological polar surface area (TPSA) is 0 Å². The highest BCUT2D eigenvalue weighted by Crippen LogP contribution is 2.59. The maximum atomic E-state index is 2.52. The Labute approximate surface area is 199 Å². The lowest BCUT2D eigenvalue weighted by molar-refractivity contribution is 0.553. The van der Waals surface area contributed by atoms with Crippen LogP contribution in [0.2, 0.25) is 13.1 Å². The quantitative estimate of drug-likeness (QED) is 0.360. The Bertz CT molecular complexity index is 1450. The van der Waals surface area contributed by atoms with Gasteiger partial charge in [-0.3, -0.25) is 0 Å². The first-order chi connectivity index (χ1) is 16.0. The molecule has 1 unspecified atom stereocenters. The molecule has 3 aliphatic rings. The number of benzene rings is 3. The molecule has 2 atom stereocenters. The van der Waals surface area contributed by atoms with E-state index in [1.807, 2.05) is 0 Å². The van der Waals surface area contributed by atoms with E-state index in [4.69, 9.17) is 0 Å². The summed E-state index contributed by atoms with van der Waals surface area (Å²) in [5, 5.41) is 4.30. The summed E-state index contributed by atoms with van der Waals surface area (Å²) in [5.74, 6) is 0.284. The fourth-order valence-electron chi connectivity index (χ4n) is 6.72. The van der Waals surface area contributed by atoms with Gasteiger partial charge in [-0.15, -0.1) is 0 Å². The van der Waals surface area contributed by atoms with Gasteiger partial charge >= 0.3 is 0 Å². The molecule has 3 aromatic carbocycles. The second-order valence-electron chi connectivity index (χ2n) is 10.1. The van der Waals surface area contributed by atoms with Crippen LogP contribution in [0.4, 0.5) is 0 Å². The summed E-state index contributed by atoms with van der Waals surface area (Å²) in [6, 6.07) is 24.8. The van der Waals surface area contributed by atoms with Crippen molar-refractivity contribution in [1.29, 1.82) is 0 Å². The fraction of sp³-hybridized carbons (Fsp3) is 0.188. The molecule has 0 aliphatic heterocycles. The molecule has 0 fully saturated rings. The van der Waals surface area contributed by atoms with Crippen LogP contribution in [0, 0.1) is 0 Å². The third-order valence-electron chi connectivity index (χ3n) is 7.85. The summed E-state index contributed by atoms with van der Waals surface area (Å²) in [6.45, 7) is 9.58. The number of hydrogen-bond donors (Lipinski definition) is 0. The maximum Gasteiger partial charge on any atom is 0.0658 e. The van der Waals surface area contributed by atoms with E-state index in [2.05, 4.69) is 124 Å². The van der Waals surface area contributed by atoms with Crippen molar-refractivity contribution in [3.05, 3.63) is 135 Å². The fourth-order valence-corrected chi connectivity index (χ4v) is 8.58. The highest BCUT2D eigenvalue weighted by atomic mass is 28.3. The van der Waals surface area contributed by atoms with E-state index in [1.165, 1.54) is 49.8 Å². The monoisotopic (exact) mass is 442 g/mol. The van der Waals surface area contributed by atoms with Gasteiger partial charge in [-0.2, -0.15) is 0 Å². The SMILES string of the molecule is CC1=Cc2ccccc2[C@@H]1C1(c2cccc3ccccc23)C=CC=C2C1=CC(C)=C2[SiH](C)C. The van der Waals surface area contributed by atoms with E-state index in [0.717, 1.165) is 0 Å². The molecule has 33 heavy (non-hydrogen) atoms. The molecular formula is C32H30Si. The van der Waals surface area contributed by atoms with Crippen molar-refractivity contribution >= 4 is 25.6 Å². The van der Waals surface area contributed by atoms with Crippen molar-refractivity contribution in [2.75, 3.05) is 0 Å². The molecule has 0 nitrogen and oxygen atoms in total. The van der Waals surface area contributed by atoms with Crippen LogP contribution < -0.4 is 0 Å². The van der Waals surface area contributed by atoms with E-state index in [-0.39, 0.29) is 11.3 Å². The van der Waals surface area contributed by atoms with E-state index in [9.17, 15) is 0 Å². The zero-order valence-electron chi connectivity index (χ0n) is 19.9. The Hall–Kier alpha value is -3.16. The Balaban J connectivity index is 1.70. The summed E-state index contributed by atoms with van der Waals surface area (Å²) < 4.78 is 0. The predicted molar refractivity (Wildman–Crippen MR) is 145 cm³/mol. The van der Waals surface area contributed by atoms with Crippen LogP contribution in [0.5, 0.6) is 0 Å². The highest BCUT2D eigenvalue weighted by molar-refractivity contribution is 6.66. The van der Waals surface area contributed by atoms with Gasteiger partial charge in [-0.25, -0.2) is 0 Å². The molecule has 0 heterocycles. The Morgan fingerprint density at radius 1 is 0.818 bits per heavy atom. The lowest BCUT2D eigenvalue weighted by atomic mass is 9.59. The first kappa shape index (κ1) is 20.4. The third kappa shape index (κ3) is 2.82. The Morgan fingerprint density at radius 2 is 1.58 bits per heavy atom. The minimum atomic E-state index is -0.982. The van der Waals surface area contributed by atoms with Gasteiger partial charge in [0.1, 0.15) is 0 Å². The number of fused-ring (bicyclic) bond motifs is 3. The third-order valence-corrected chi connectivity index (χ3v) is 9.77. The Morgan fingerprint density at radius 3 is 2.42 bits per heavy atom. The molecule has 3 aliphatic carbocycles. The van der Waals surface area contributed by atoms with Gasteiger partial charge in [0.25, 0.3) is 0 Å². The first-order valence-electron chi connectivity index (χ1n) is 12.1. The van der Waals surface area contributed by atoms with Crippen molar-refractivity contribution in [3.8, 4) is 0 Å². The largest absolute Gasteiger partial charge is 0.0686 e. The lowest BCUT2D eigenvalue weighted by Crippen LogP contribution is -2.36. The van der Waals surface area contributed by atoms with Gasteiger partial charge in [-0.1, -0.05) is 127 Å². The van der Waals surface area contributed by atoms with Gasteiger partial charge in [-0.05, 0) is 52.5 Å². The predicted octanol–water partition coefficient (Wildman–Crippen LogP) is 8.06. The minimum absolute atomic E-state index is 0.232. The molecule has 0 aromatic heterocycles. The van der Waals surface area contributed by atoms with E-state index in [0.29, 0.717) is 0 Å². The highest BCUT2D eigenvalue weighted by Gasteiger charge is 2.49. The summed E-state index contributed by atoms with van der Waals surface area (Å²) >= 11 is 0. The normalized spacial score (nSPS) is 23.5. The van der Waals surface area contributed by atoms with E-state index < -0.39 is 8.80 Å². The van der Waals surface area contributed by atoms with E-state index >= 15 is 0 Å². The number of allylic oxidation sites excluding steroid dienone is 9. The summed E-state index contributed by atoms with van der Waals surface area (Å²) in [4.78, 5) is 0. The molecule has 0 saturated carbocycles. The van der Waals surface area contributed by atoms with Crippen LogP contribution in [0.3, 0.4) is 0 Å². The zero-order valence-corrected chi connectivity index (χ0v) is 21.0. The van der Waals surface area contributed by atoms with Gasteiger partial charge in [0, 0.05) is 5.92 Å². The molecule has 6 rings (SSSR count). The van der Waals surface area contributed by atoms with Crippen LogP contribution >= 0.6 is 0 Å². The second kappa shape index (κ2) is 7.43. The minimum Gasteiger partial charge on any atom is -0.0686 e. The standard InChI is InChI=1S/C32H30Si/c1-21-19-24-12-6-8-15-26(24)30(21)32(28-17-9-13-23-11-5-7-14-25(23)28)18-10-16-27-29(32)20-22(2)31(27)33(3)4/h5-20,30,33H,1-4H3/t30-,32?/m1/s1. The molecule has 0 spiro atoms. The van der Waals surface area contributed by atoms with Crippen LogP contribution in [0.25, 0.3) is 16.8 Å². The Kier molecular flexibility index (Phi) is 4.60. The molecular weight excluding hydrogens is 412 g/mol. The van der Waals surface area contributed by atoms with Gasteiger partial charge < -0.3 is 0 Å². The van der Waals surface area contributed by atoms with Gasteiger partial charge in [0.2, 0.25) is 0 Å². The number of rotatable bonds is 3. The second-order valence-corrected chi connectivity index (χ2v) is 13.0.